The fraction of sp³-hybridized carbons (Fsp3) is 0.0455. The van der Waals surface area contributed by atoms with Crippen LogP contribution in [0.15, 0.2) is 140 Å². The lowest BCUT2D eigenvalue weighted by Crippen LogP contribution is -1.94. The highest BCUT2D eigenvalue weighted by atomic mass is 32.1. The first-order valence-corrected chi connectivity index (χ1v) is 17.7. The first kappa shape index (κ1) is 26.9. The Bertz CT molecular complexity index is 2860. The van der Waals surface area contributed by atoms with Crippen LogP contribution in [0.2, 0.25) is 0 Å². The molecule has 0 unspecified atom stereocenters. The van der Waals surface area contributed by atoms with Crippen LogP contribution in [0.4, 0.5) is 0 Å². The van der Waals surface area contributed by atoms with Crippen LogP contribution in [0.5, 0.6) is 0 Å². The molecule has 3 heteroatoms. The smallest absolute Gasteiger partial charge is 0.0640 e. The molecule has 0 radical (unpaired) electrons. The van der Waals surface area contributed by atoms with Gasteiger partial charge in [0.05, 0.1) is 21.4 Å². The zero-order valence-electron chi connectivity index (χ0n) is 26.0. The van der Waals surface area contributed by atoms with Crippen LogP contribution in [0.3, 0.4) is 0 Å². The zero-order chi connectivity index (χ0) is 31.2. The van der Waals surface area contributed by atoms with Crippen molar-refractivity contribution in [3.8, 4) is 27.9 Å². The lowest BCUT2D eigenvalue weighted by atomic mass is 9.95. The van der Waals surface area contributed by atoms with Gasteiger partial charge in [0.1, 0.15) is 0 Å². The molecule has 0 spiro atoms. The van der Waals surface area contributed by atoms with Crippen molar-refractivity contribution in [1.29, 1.82) is 0 Å². The summed E-state index contributed by atoms with van der Waals surface area (Å²) >= 11 is 3.81. The summed E-state index contributed by atoms with van der Waals surface area (Å²) in [4.78, 5) is 0. The Morgan fingerprint density at radius 1 is 0.404 bits per heavy atom. The predicted molar refractivity (Wildman–Crippen MR) is 207 cm³/mol. The normalized spacial score (nSPS) is 12.0. The molecule has 0 fully saturated rings. The molecular formula is C44H29NS2. The average Bonchev–Trinajstić information content (AvgIpc) is 3.77. The quantitative estimate of drug-likeness (QED) is 0.182. The molecule has 7 aromatic carbocycles. The van der Waals surface area contributed by atoms with E-state index in [4.69, 9.17) is 0 Å². The highest BCUT2D eigenvalue weighted by molar-refractivity contribution is 7.27. The molecule has 0 bridgehead atoms. The fourth-order valence-corrected chi connectivity index (χ4v) is 9.94. The summed E-state index contributed by atoms with van der Waals surface area (Å²) in [6, 6.07) is 52.1. The number of nitrogens with zero attached hydrogens (tertiary/aromatic N) is 1. The summed E-state index contributed by atoms with van der Waals surface area (Å²) in [7, 11) is 0. The number of aromatic nitrogens is 1. The first-order valence-electron chi connectivity index (χ1n) is 16.1. The number of hydrogen-bond donors (Lipinski definition) is 0. The Morgan fingerprint density at radius 2 is 1.17 bits per heavy atom. The van der Waals surface area contributed by atoms with Crippen molar-refractivity contribution in [2.45, 2.75) is 13.8 Å². The summed E-state index contributed by atoms with van der Waals surface area (Å²) in [6.07, 6.45) is 0. The van der Waals surface area contributed by atoms with Gasteiger partial charge in [0.2, 0.25) is 0 Å². The molecule has 10 aromatic rings. The van der Waals surface area contributed by atoms with E-state index in [1.807, 2.05) is 22.7 Å². The Hall–Kier alpha value is -5.22. The van der Waals surface area contributed by atoms with Crippen molar-refractivity contribution in [2.75, 3.05) is 0 Å². The maximum atomic E-state index is 2.49. The molecule has 3 heterocycles. The van der Waals surface area contributed by atoms with Gasteiger partial charge in [-0.15, -0.1) is 22.7 Å². The van der Waals surface area contributed by atoms with E-state index >= 15 is 0 Å². The van der Waals surface area contributed by atoms with Gasteiger partial charge in [0, 0.05) is 52.0 Å². The fourth-order valence-electron chi connectivity index (χ4n) is 7.47. The second-order valence-corrected chi connectivity index (χ2v) is 14.8. The Labute approximate surface area is 280 Å². The topological polar surface area (TPSA) is 4.93 Å². The van der Waals surface area contributed by atoms with Crippen LogP contribution in [-0.4, -0.2) is 4.57 Å². The van der Waals surface area contributed by atoms with E-state index in [0.717, 1.165) is 0 Å². The van der Waals surface area contributed by atoms with Crippen LogP contribution in [0, 0.1) is 13.8 Å². The van der Waals surface area contributed by atoms with Crippen molar-refractivity contribution in [3.05, 3.63) is 151 Å². The molecule has 47 heavy (non-hydrogen) atoms. The van der Waals surface area contributed by atoms with Crippen molar-refractivity contribution in [3.63, 3.8) is 0 Å². The highest BCUT2D eigenvalue weighted by Crippen LogP contribution is 2.46. The van der Waals surface area contributed by atoms with Gasteiger partial charge in [0.25, 0.3) is 0 Å². The predicted octanol–water partition coefficient (Wildman–Crippen LogP) is 13.5. The minimum atomic E-state index is 1.24. The van der Waals surface area contributed by atoms with Gasteiger partial charge in [-0.05, 0) is 84.6 Å². The Balaban J connectivity index is 1.27. The molecule has 0 saturated carbocycles. The van der Waals surface area contributed by atoms with E-state index in [1.54, 1.807) is 0 Å². The molecular weight excluding hydrogens is 607 g/mol. The van der Waals surface area contributed by atoms with Gasteiger partial charge in [-0.3, -0.25) is 0 Å². The number of aryl methyl sites for hydroxylation is 2. The molecule has 0 aliphatic heterocycles. The molecule has 1 nitrogen and oxygen atoms in total. The van der Waals surface area contributed by atoms with Crippen LogP contribution in [-0.2, 0) is 0 Å². The minimum Gasteiger partial charge on any atom is -0.308 e. The Morgan fingerprint density at radius 3 is 2.09 bits per heavy atom. The van der Waals surface area contributed by atoms with Crippen LogP contribution < -0.4 is 0 Å². The third-order valence-electron chi connectivity index (χ3n) is 9.69. The third kappa shape index (κ3) is 4.07. The molecule has 0 aliphatic rings. The second-order valence-electron chi connectivity index (χ2n) is 12.7. The highest BCUT2D eigenvalue weighted by Gasteiger charge is 2.19. The zero-order valence-corrected chi connectivity index (χ0v) is 27.7. The number of rotatable bonds is 3. The summed E-state index contributed by atoms with van der Waals surface area (Å²) in [5.41, 5.74) is 11.4. The summed E-state index contributed by atoms with van der Waals surface area (Å²) in [5, 5.41) is 7.90. The maximum Gasteiger partial charge on any atom is 0.0640 e. The van der Waals surface area contributed by atoms with Crippen molar-refractivity contribution in [2.24, 2.45) is 0 Å². The Kier molecular flexibility index (Phi) is 5.81. The molecule has 222 valence electrons. The lowest BCUT2D eigenvalue weighted by molar-refractivity contribution is 1.20. The molecule has 0 atom stereocenters. The van der Waals surface area contributed by atoms with Gasteiger partial charge >= 0.3 is 0 Å². The van der Waals surface area contributed by atoms with E-state index in [1.165, 1.54) is 101 Å². The maximum absolute atomic E-state index is 2.49. The standard InChI is InChI=1S/C44H29NS2/c1-26-16-20-38-36(21-26)31-18-15-27(2)22-40(31)45(38)39-13-8-12-34-37-24-30(23-35(43(37)47-44(34)39)28-9-4-3-5-10-28)29-17-19-33-32-11-6-7-14-41(32)46-42(33)25-29/h3-25H,1-2H3. The molecule has 3 aromatic heterocycles. The largest absolute Gasteiger partial charge is 0.308 e. The van der Waals surface area contributed by atoms with E-state index in [2.05, 4.69) is 158 Å². The summed E-state index contributed by atoms with van der Waals surface area (Å²) in [6.45, 7) is 4.38. The van der Waals surface area contributed by atoms with Gasteiger partial charge in [-0.1, -0.05) is 96.6 Å². The molecule has 0 aliphatic carbocycles. The van der Waals surface area contributed by atoms with E-state index in [-0.39, 0.29) is 0 Å². The van der Waals surface area contributed by atoms with Crippen LogP contribution in [0.25, 0.3) is 90.1 Å². The number of hydrogen-bond acceptors (Lipinski definition) is 2. The first-order chi connectivity index (χ1) is 23.1. The van der Waals surface area contributed by atoms with Crippen LogP contribution >= 0.6 is 22.7 Å². The van der Waals surface area contributed by atoms with E-state index in [9.17, 15) is 0 Å². The van der Waals surface area contributed by atoms with Gasteiger partial charge in [-0.25, -0.2) is 0 Å². The summed E-state index contributed by atoms with van der Waals surface area (Å²) in [5.74, 6) is 0. The lowest BCUT2D eigenvalue weighted by Gasteiger charge is -2.10. The molecule has 0 N–H and O–H groups in total. The summed E-state index contributed by atoms with van der Waals surface area (Å²) < 4.78 is 7.81. The van der Waals surface area contributed by atoms with Gasteiger partial charge < -0.3 is 4.57 Å². The van der Waals surface area contributed by atoms with Gasteiger partial charge in [0.15, 0.2) is 0 Å². The monoisotopic (exact) mass is 635 g/mol. The van der Waals surface area contributed by atoms with E-state index in [0.29, 0.717) is 0 Å². The van der Waals surface area contributed by atoms with E-state index < -0.39 is 0 Å². The van der Waals surface area contributed by atoms with Crippen molar-refractivity contribution in [1.82, 2.24) is 4.57 Å². The number of benzene rings is 7. The third-order valence-corrected chi connectivity index (χ3v) is 12.1. The van der Waals surface area contributed by atoms with Gasteiger partial charge in [-0.2, -0.15) is 0 Å². The molecule has 10 rings (SSSR count). The SMILES string of the molecule is Cc1ccc2c(c1)c1ccc(C)cc1n2-c1cccc2c1sc1c(-c3ccccc3)cc(-c3ccc4c(c3)sc3ccccc34)cc12. The van der Waals surface area contributed by atoms with Crippen molar-refractivity contribution < 1.29 is 0 Å². The minimum absolute atomic E-state index is 1.24. The van der Waals surface area contributed by atoms with Crippen LogP contribution in [0.1, 0.15) is 11.1 Å². The molecule has 0 saturated heterocycles. The average molecular weight is 636 g/mol. The number of fused-ring (bicyclic) bond motifs is 9. The molecule has 0 amide bonds. The number of thiophene rings is 2. The van der Waals surface area contributed by atoms with Crippen molar-refractivity contribution >= 4 is 84.8 Å². The second kappa shape index (κ2) is 10.1.